The van der Waals surface area contributed by atoms with E-state index in [9.17, 15) is 0 Å². The Labute approximate surface area is 106 Å². The van der Waals surface area contributed by atoms with E-state index in [1.54, 1.807) is 0 Å². The standard InChI is InChI=1S/C15H26N2/c1-10(2)11-9-12(14(3,4)5)17-13(16-11)15(6,7)8/h9-10H,1-8H3. The molecule has 1 rings (SSSR count). The maximum atomic E-state index is 4.75. The molecule has 0 aliphatic carbocycles. The van der Waals surface area contributed by atoms with Gasteiger partial charge in [-0.15, -0.1) is 0 Å². The molecule has 0 atom stereocenters. The molecule has 2 nitrogen and oxygen atoms in total. The monoisotopic (exact) mass is 234 g/mol. The third-order valence-corrected chi connectivity index (χ3v) is 2.78. The minimum Gasteiger partial charge on any atom is -0.237 e. The zero-order valence-corrected chi connectivity index (χ0v) is 12.5. The van der Waals surface area contributed by atoms with E-state index in [0.29, 0.717) is 5.92 Å². The molecule has 1 aromatic rings. The van der Waals surface area contributed by atoms with Gasteiger partial charge in [-0.25, -0.2) is 9.97 Å². The molecule has 17 heavy (non-hydrogen) atoms. The second-order valence-corrected chi connectivity index (χ2v) is 7.16. The van der Waals surface area contributed by atoms with Crippen LogP contribution in [0.4, 0.5) is 0 Å². The highest BCUT2D eigenvalue weighted by Gasteiger charge is 2.23. The molecule has 1 heterocycles. The molecule has 0 N–H and O–H groups in total. The molecule has 0 amide bonds. The highest BCUT2D eigenvalue weighted by Crippen LogP contribution is 2.27. The van der Waals surface area contributed by atoms with Crippen LogP contribution < -0.4 is 0 Å². The molecule has 0 saturated carbocycles. The van der Waals surface area contributed by atoms with E-state index in [-0.39, 0.29) is 10.8 Å². The van der Waals surface area contributed by atoms with E-state index in [4.69, 9.17) is 9.97 Å². The fourth-order valence-corrected chi connectivity index (χ4v) is 1.48. The zero-order valence-electron chi connectivity index (χ0n) is 12.5. The minimum atomic E-state index is 0.00486. The first-order chi connectivity index (χ1) is 7.51. The summed E-state index contributed by atoms with van der Waals surface area (Å²) in [5, 5.41) is 0. The highest BCUT2D eigenvalue weighted by molar-refractivity contribution is 5.22. The van der Waals surface area contributed by atoms with Crippen molar-refractivity contribution in [3.05, 3.63) is 23.3 Å². The molecule has 96 valence electrons. The fraction of sp³-hybridized carbons (Fsp3) is 0.733. The molecule has 1 aromatic heterocycles. The normalized spacial score (nSPS) is 13.2. The summed E-state index contributed by atoms with van der Waals surface area (Å²) in [6, 6.07) is 2.15. The largest absolute Gasteiger partial charge is 0.237 e. The molecule has 0 unspecified atom stereocenters. The van der Waals surface area contributed by atoms with Crippen LogP contribution in [-0.2, 0) is 10.8 Å². The van der Waals surface area contributed by atoms with Crippen molar-refractivity contribution in [2.75, 3.05) is 0 Å². The van der Waals surface area contributed by atoms with Crippen LogP contribution in [0.25, 0.3) is 0 Å². The van der Waals surface area contributed by atoms with Crippen molar-refractivity contribution in [3.63, 3.8) is 0 Å². The Kier molecular flexibility index (Phi) is 3.66. The lowest BCUT2D eigenvalue weighted by Crippen LogP contribution is -2.22. The summed E-state index contributed by atoms with van der Waals surface area (Å²) in [7, 11) is 0. The summed E-state index contributed by atoms with van der Waals surface area (Å²) >= 11 is 0. The van der Waals surface area contributed by atoms with Gasteiger partial charge in [0.2, 0.25) is 0 Å². The van der Waals surface area contributed by atoms with Crippen molar-refractivity contribution in [1.82, 2.24) is 9.97 Å². The summed E-state index contributed by atoms with van der Waals surface area (Å²) in [6.07, 6.45) is 0. The molecule has 0 radical (unpaired) electrons. The predicted molar refractivity (Wildman–Crippen MR) is 73.5 cm³/mol. The second kappa shape index (κ2) is 4.40. The van der Waals surface area contributed by atoms with E-state index in [2.05, 4.69) is 61.5 Å². The van der Waals surface area contributed by atoms with Crippen LogP contribution in [0.2, 0.25) is 0 Å². The van der Waals surface area contributed by atoms with Gasteiger partial charge in [0.1, 0.15) is 5.82 Å². The highest BCUT2D eigenvalue weighted by atomic mass is 14.9. The quantitative estimate of drug-likeness (QED) is 0.728. The predicted octanol–water partition coefficient (Wildman–Crippen LogP) is 4.20. The number of hydrogen-bond acceptors (Lipinski definition) is 2. The van der Waals surface area contributed by atoms with Crippen LogP contribution in [0.3, 0.4) is 0 Å². The first kappa shape index (κ1) is 14.1. The van der Waals surface area contributed by atoms with E-state index < -0.39 is 0 Å². The molecule has 0 fully saturated rings. The van der Waals surface area contributed by atoms with Gasteiger partial charge < -0.3 is 0 Å². The van der Waals surface area contributed by atoms with Crippen molar-refractivity contribution in [2.24, 2.45) is 0 Å². The summed E-state index contributed by atoms with van der Waals surface area (Å²) in [6.45, 7) is 17.5. The lowest BCUT2D eigenvalue weighted by Gasteiger charge is -2.24. The van der Waals surface area contributed by atoms with Gasteiger partial charge in [0, 0.05) is 22.2 Å². The topological polar surface area (TPSA) is 25.8 Å². The van der Waals surface area contributed by atoms with Crippen LogP contribution in [0.5, 0.6) is 0 Å². The zero-order chi connectivity index (χ0) is 13.4. The summed E-state index contributed by atoms with van der Waals surface area (Å²) < 4.78 is 0. The van der Waals surface area contributed by atoms with Gasteiger partial charge in [-0.1, -0.05) is 55.4 Å². The summed E-state index contributed by atoms with van der Waals surface area (Å²) in [4.78, 5) is 9.45. The maximum Gasteiger partial charge on any atom is 0.134 e. The minimum absolute atomic E-state index is 0.00486. The number of hydrogen-bond donors (Lipinski definition) is 0. The van der Waals surface area contributed by atoms with E-state index in [1.807, 2.05) is 0 Å². The third kappa shape index (κ3) is 3.52. The van der Waals surface area contributed by atoms with E-state index >= 15 is 0 Å². The average molecular weight is 234 g/mol. The van der Waals surface area contributed by atoms with Crippen LogP contribution in [0.1, 0.15) is 78.5 Å². The molecule has 0 aliphatic rings. The van der Waals surface area contributed by atoms with Crippen molar-refractivity contribution in [2.45, 2.75) is 72.1 Å². The van der Waals surface area contributed by atoms with Gasteiger partial charge in [0.25, 0.3) is 0 Å². The molecule has 2 heteroatoms. The van der Waals surface area contributed by atoms with Gasteiger partial charge in [-0.2, -0.15) is 0 Å². The maximum absolute atomic E-state index is 4.75. The summed E-state index contributed by atoms with van der Waals surface area (Å²) in [5.41, 5.74) is 2.37. The lowest BCUT2D eigenvalue weighted by atomic mass is 9.89. The number of rotatable bonds is 1. The Morgan fingerprint density at radius 3 is 1.76 bits per heavy atom. The first-order valence-electron chi connectivity index (χ1n) is 6.42. The Balaban J connectivity index is 3.40. The van der Waals surface area contributed by atoms with Gasteiger partial charge in [0.15, 0.2) is 0 Å². The smallest absolute Gasteiger partial charge is 0.134 e. The number of nitrogens with zero attached hydrogens (tertiary/aromatic N) is 2. The number of aromatic nitrogens is 2. The molecular weight excluding hydrogens is 208 g/mol. The average Bonchev–Trinajstić information content (AvgIpc) is 2.14. The van der Waals surface area contributed by atoms with Crippen LogP contribution >= 0.6 is 0 Å². The Bertz CT molecular complexity index is 360. The van der Waals surface area contributed by atoms with Crippen molar-refractivity contribution in [3.8, 4) is 0 Å². The van der Waals surface area contributed by atoms with E-state index in [1.165, 1.54) is 0 Å². The van der Waals surface area contributed by atoms with Crippen LogP contribution in [0.15, 0.2) is 6.07 Å². The first-order valence-corrected chi connectivity index (χ1v) is 6.42. The molecule has 0 aliphatic heterocycles. The fourth-order valence-electron chi connectivity index (χ4n) is 1.48. The lowest BCUT2D eigenvalue weighted by molar-refractivity contribution is 0.506. The Morgan fingerprint density at radius 2 is 1.41 bits per heavy atom. The van der Waals surface area contributed by atoms with Crippen LogP contribution in [-0.4, -0.2) is 9.97 Å². The van der Waals surface area contributed by atoms with Gasteiger partial charge in [0.05, 0.1) is 0 Å². The van der Waals surface area contributed by atoms with Gasteiger partial charge in [-0.3, -0.25) is 0 Å². The molecular formula is C15H26N2. The van der Waals surface area contributed by atoms with Gasteiger partial charge in [-0.05, 0) is 12.0 Å². The molecule has 0 aromatic carbocycles. The van der Waals surface area contributed by atoms with Gasteiger partial charge >= 0.3 is 0 Å². The molecule has 0 spiro atoms. The van der Waals surface area contributed by atoms with Crippen LogP contribution in [0, 0.1) is 0 Å². The molecule has 0 bridgehead atoms. The summed E-state index contributed by atoms with van der Waals surface area (Å²) in [5.74, 6) is 1.40. The SMILES string of the molecule is CC(C)c1cc(C(C)(C)C)nc(C(C)(C)C)n1. The van der Waals surface area contributed by atoms with Crippen molar-refractivity contribution in [1.29, 1.82) is 0 Å². The third-order valence-electron chi connectivity index (χ3n) is 2.78. The molecule has 0 saturated heterocycles. The van der Waals surface area contributed by atoms with Crippen molar-refractivity contribution >= 4 is 0 Å². The second-order valence-electron chi connectivity index (χ2n) is 7.16. The Hall–Kier alpha value is -0.920. The van der Waals surface area contributed by atoms with E-state index in [0.717, 1.165) is 17.2 Å². The van der Waals surface area contributed by atoms with Crippen molar-refractivity contribution < 1.29 is 0 Å². The Morgan fingerprint density at radius 1 is 0.882 bits per heavy atom.